The molecule has 184 valence electrons. The van der Waals surface area contributed by atoms with Gasteiger partial charge in [0.05, 0.1) is 16.8 Å². The highest BCUT2D eigenvalue weighted by atomic mass is 19.4. The summed E-state index contributed by atoms with van der Waals surface area (Å²) in [5.41, 5.74) is -1.17. The Morgan fingerprint density at radius 3 is 2.61 bits per heavy atom. The number of H-pyrrole nitrogens is 1. The highest BCUT2D eigenvalue weighted by molar-refractivity contribution is 6.06. The predicted molar refractivity (Wildman–Crippen MR) is 121 cm³/mol. The average molecular weight is 498 g/mol. The zero-order valence-electron chi connectivity index (χ0n) is 18.3. The summed E-state index contributed by atoms with van der Waals surface area (Å²) in [6.45, 7) is 0.0498. The van der Waals surface area contributed by atoms with Crippen molar-refractivity contribution in [2.45, 2.75) is 31.6 Å². The Hall–Kier alpha value is -4.48. The second-order valence-electron chi connectivity index (χ2n) is 8.44. The molecule has 1 fully saturated rings. The molecule has 12 heteroatoms. The Balaban J connectivity index is 1.48. The zero-order chi connectivity index (χ0) is 25.8. The molecule has 36 heavy (non-hydrogen) atoms. The number of fused-ring (bicyclic) bond motifs is 2. The molecule has 0 spiro atoms. The summed E-state index contributed by atoms with van der Waals surface area (Å²) >= 11 is 0. The zero-order valence-corrected chi connectivity index (χ0v) is 18.3. The number of pyridine rings is 1. The number of alkyl halides is 3. The van der Waals surface area contributed by atoms with E-state index >= 15 is 0 Å². The predicted octanol–water partition coefficient (Wildman–Crippen LogP) is 2.76. The van der Waals surface area contributed by atoms with Gasteiger partial charge in [0.25, 0.3) is 11.5 Å². The Kier molecular flexibility index (Phi) is 5.38. The number of aromatic nitrogens is 1. The summed E-state index contributed by atoms with van der Waals surface area (Å²) in [5.74, 6) is -1.90. The first kappa shape index (κ1) is 23.3. The van der Waals surface area contributed by atoms with E-state index in [9.17, 15) is 37.5 Å². The van der Waals surface area contributed by atoms with Crippen molar-refractivity contribution >= 4 is 40.5 Å². The van der Waals surface area contributed by atoms with E-state index in [1.807, 2.05) is 0 Å². The van der Waals surface area contributed by atoms with Crippen LogP contribution in [0, 0.1) is 0 Å². The fourth-order valence-corrected chi connectivity index (χ4v) is 4.42. The molecule has 0 bridgehead atoms. The molecular weight excluding hydrogens is 481 g/mol. The molecule has 0 saturated carbocycles. The van der Waals surface area contributed by atoms with Gasteiger partial charge in [-0.25, -0.2) is 0 Å². The second-order valence-corrected chi connectivity index (χ2v) is 8.44. The van der Waals surface area contributed by atoms with E-state index in [-0.39, 0.29) is 35.9 Å². The second kappa shape index (κ2) is 8.33. The molecule has 5 rings (SSSR count). The smallest absolute Gasteiger partial charge is 0.416 e. The minimum atomic E-state index is -4.62. The molecule has 9 nitrogen and oxygen atoms in total. The Bertz CT molecular complexity index is 1540. The van der Waals surface area contributed by atoms with Gasteiger partial charge in [-0.05, 0) is 36.8 Å². The first-order valence-electron chi connectivity index (χ1n) is 10.8. The maximum Gasteiger partial charge on any atom is 0.416 e. The van der Waals surface area contributed by atoms with Gasteiger partial charge in [0, 0.05) is 35.7 Å². The number of piperidine rings is 1. The number of benzene rings is 2. The van der Waals surface area contributed by atoms with Crippen molar-refractivity contribution in [2.24, 2.45) is 4.99 Å². The molecule has 3 heterocycles. The minimum Gasteiger partial charge on any atom is -0.506 e. The molecule has 3 amide bonds. The molecule has 1 aromatic heterocycles. The number of aromatic hydroxyl groups is 1. The lowest BCUT2D eigenvalue weighted by Crippen LogP contribution is -2.52. The molecule has 0 aliphatic carbocycles. The topological polar surface area (TPSA) is 132 Å². The molecule has 2 aliphatic rings. The number of aromatic amines is 1. The van der Waals surface area contributed by atoms with Crippen molar-refractivity contribution in [3.05, 3.63) is 69.0 Å². The van der Waals surface area contributed by atoms with Gasteiger partial charge in [0.15, 0.2) is 0 Å². The number of carbonyl (C=O) groups excluding carboxylic acids is 3. The number of carbonyl (C=O) groups is 3. The number of amides is 3. The SMILES string of the molecule is O=C1CCC(N2Cc3c(N=Cc4c(O)c5ccc(C(F)(F)F)cc5[nH]c4=O)cccc3C2=O)C(=O)N1. The Morgan fingerprint density at radius 1 is 1.11 bits per heavy atom. The lowest BCUT2D eigenvalue weighted by atomic mass is 10.0. The van der Waals surface area contributed by atoms with Gasteiger partial charge in [-0.3, -0.25) is 29.5 Å². The third kappa shape index (κ3) is 3.89. The number of hydrogen-bond donors (Lipinski definition) is 3. The number of nitrogens with one attached hydrogen (secondary N) is 2. The van der Waals surface area contributed by atoms with Crippen LogP contribution in [0.4, 0.5) is 18.9 Å². The number of halogens is 3. The van der Waals surface area contributed by atoms with E-state index in [1.165, 1.54) is 4.90 Å². The van der Waals surface area contributed by atoms with Gasteiger partial charge in [-0.2, -0.15) is 13.2 Å². The van der Waals surface area contributed by atoms with Crippen LogP contribution in [-0.4, -0.2) is 45.0 Å². The van der Waals surface area contributed by atoms with Gasteiger partial charge in [-0.15, -0.1) is 0 Å². The van der Waals surface area contributed by atoms with Gasteiger partial charge >= 0.3 is 6.18 Å². The highest BCUT2D eigenvalue weighted by Crippen LogP contribution is 2.35. The van der Waals surface area contributed by atoms with Crippen LogP contribution in [0.25, 0.3) is 10.9 Å². The van der Waals surface area contributed by atoms with Crippen LogP contribution in [0.15, 0.2) is 46.2 Å². The van der Waals surface area contributed by atoms with Crippen LogP contribution in [0.3, 0.4) is 0 Å². The van der Waals surface area contributed by atoms with E-state index < -0.39 is 46.8 Å². The summed E-state index contributed by atoms with van der Waals surface area (Å²) < 4.78 is 39.0. The van der Waals surface area contributed by atoms with Gasteiger partial charge in [0.1, 0.15) is 17.4 Å². The molecule has 2 aliphatic heterocycles. The first-order chi connectivity index (χ1) is 17.0. The normalized spacial score (nSPS) is 18.2. The van der Waals surface area contributed by atoms with Crippen LogP contribution in [0.5, 0.6) is 5.75 Å². The van der Waals surface area contributed by atoms with Crippen molar-refractivity contribution in [1.29, 1.82) is 0 Å². The number of hydrogen-bond acceptors (Lipinski definition) is 6. The van der Waals surface area contributed by atoms with E-state index in [4.69, 9.17) is 0 Å². The average Bonchev–Trinajstić information content (AvgIpc) is 3.15. The largest absolute Gasteiger partial charge is 0.506 e. The van der Waals surface area contributed by atoms with Crippen LogP contribution in [0.2, 0.25) is 0 Å². The molecule has 3 aromatic rings. The summed E-state index contributed by atoms with van der Waals surface area (Å²) in [6.07, 6.45) is -3.25. The van der Waals surface area contributed by atoms with Crippen LogP contribution >= 0.6 is 0 Å². The third-order valence-electron chi connectivity index (χ3n) is 6.24. The molecule has 1 saturated heterocycles. The Morgan fingerprint density at radius 2 is 1.89 bits per heavy atom. The lowest BCUT2D eigenvalue weighted by Gasteiger charge is -2.29. The number of rotatable bonds is 3. The summed E-state index contributed by atoms with van der Waals surface area (Å²) in [6, 6.07) is 6.49. The number of aliphatic imine (C=N–C) groups is 1. The molecule has 1 atom stereocenters. The van der Waals surface area contributed by atoms with E-state index in [0.29, 0.717) is 16.8 Å². The summed E-state index contributed by atoms with van der Waals surface area (Å²) in [5, 5.41) is 12.8. The van der Waals surface area contributed by atoms with Crippen LogP contribution in [-0.2, 0) is 22.3 Å². The highest BCUT2D eigenvalue weighted by Gasteiger charge is 2.39. The molecule has 3 N–H and O–H groups in total. The molecule has 1 unspecified atom stereocenters. The maximum absolute atomic E-state index is 13.0. The van der Waals surface area contributed by atoms with Crippen molar-refractivity contribution in [3.8, 4) is 5.75 Å². The quantitative estimate of drug-likeness (QED) is 0.378. The van der Waals surface area contributed by atoms with Crippen molar-refractivity contribution in [1.82, 2.24) is 15.2 Å². The molecule has 2 aromatic carbocycles. The first-order valence-corrected chi connectivity index (χ1v) is 10.8. The van der Waals surface area contributed by atoms with Crippen molar-refractivity contribution in [3.63, 3.8) is 0 Å². The van der Waals surface area contributed by atoms with E-state index in [1.54, 1.807) is 18.2 Å². The third-order valence-corrected chi connectivity index (χ3v) is 6.24. The van der Waals surface area contributed by atoms with E-state index in [2.05, 4.69) is 15.3 Å². The minimum absolute atomic E-state index is 0.00144. The monoisotopic (exact) mass is 498 g/mol. The molecular formula is C24H17F3N4O5. The maximum atomic E-state index is 13.0. The van der Waals surface area contributed by atoms with Gasteiger partial charge < -0.3 is 15.0 Å². The van der Waals surface area contributed by atoms with Gasteiger partial charge in [-0.1, -0.05) is 6.07 Å². The number of imide groups is 1. The lowest BCUT2D eigenvalue weighted by molar-refractivity contribution is -0.138. The Labute approximate surface area is 200 Å². The van der Waals surface area contributed by atoms with Crippen molar-refractivity contribution < 1.29 is 32.7 Å². The summed E-state index contributed by atoms with van der Waals surface area (Å²) in [4.78, 5) is 57.1. The number of nitrogens with zero attached hydrogens (tertiary/aromatic N) is 2. The van der Waals surface area contributed by atoms with Crippen LogP contribution in [0.1, 0.15) is 39.9 Å². The fraction of sp³-hybridized carbons (Fsp3) is 0.208. The van der Waals surface area contributed by atoms with E-state index in [0.717, 1.165) is 24.4 Å². The van der Waals surface area contributed by atoms with Crippen molar-refractivity contribution in [2.75, 3.05) is 0 Å². The fourth-order valence-electron chi connectivity index (χ4n) is 4.42. The molecule has 0 radical (unpaired) electrons. The van der Waals surface area contributed by atoms with Crippen LogP contribution < -0.4 is 10.9 Å². The summed E-state index contributed by atoms with van der Waals surface area (Å²) in [7, 11) is 0. The standard InChI is InChI=1S/C24H17F3N4O5/c25-24(26,27)11-4-5-13-17(8-11)29-21(34)14(20(13)33)9-28-16-3-1-2-12-15(16)10-31(23(12)36)18-6-7-19(32)30-22(18)35/h1-5,8-9,18H,6-7,10H2,(H2,29,33,34)(H,30,32,35). The van der Waals surface area contributed by atoms with Gasteiger partial charge in [0.2, 0.25) is 11.8 Å².